The molecule has 3 rings (SSSR count). The monoisotopic (exact) mass is 335 g/mol. The summed E-state index contributed by atoms with van der Waals surface area (Å²) in [5.41, 5.74) is 17.8. The number of amides is 1. The Morgan fingerprint density at radius 3 is 2.78 bits per heavy atom. The van der Waals surface area contributed by atoms with Crippen molar-refractivity contribution in [3.05, 3.63) is 10.9 Å². The fourth-order valence-electron chi connectivity index (χ4n) is 2.82. The van der Waals surface area contributed by atoms with Crippen LogP contribution in [0.1, 0.15) is 29.4 Å². The lowest BCUT2D eigenvalue weighted by Gasteiger charge is -2.31. The number of primary amides is 1. The van der Waals surface area contributed by atoms with Gasteiger partial charge in [0.2, 0.25) is 0 Å². The van der Waals surface area contributed by atoms with Crippen LogP contribution in [0.5, 0.6) is 5.75 Å². The van der Waals surface area contributed by atoms with Crippen molar-refractivity contribution in [1.82, 2.24) is 4.98 Å². The predicted molar refractivity (Wildman–Crippen MR) is 93.1 cm³/mol. The van der Waals surface area contributed by atoms with E-state index in [1.165, 1.54) is 11.3 Å². The highest BCUT2D eigenvalue weighted by molar-refractivity contribution is 7.21. The van der Waals surface area contributed by atoms with E-state index in [4.69, 9.17) is 21.9 Å². The van der Waals surface area contributed by atoms with Gasteiger partial charge in [0.05, 0.1) is 17.7 Å². The lowest BCUT2D eigenvalue weighted by molar-refractivity contribution is 0.100. The molecule has 2 aromatic heterocycles. The molecule has 0 aromatic carbocycles. The van der Waals surface area contributed by atoms with Crippen molar-refractivity contribution >= 4 is 39.0 Å². The SMILES string of the molecule is CCOc1cc(N2CCC(N)CC2)nc2sc(C(N)=O)c(N)c12. The highest BCUT2D eigenvalue weighted by Crippen LogP contribution is 2.40. The second-order valence-corrected chi connectivity index (χ2v) is 6.62. The summed E-state index contributed by atoms with van der Waals surface area (Å²) < 4.78 is 5.73. The summed E-state index contributed by atoms with van der Waals surface area (Å²) in [4.78, 5) is 19.4. The molecule has 1 aliphatic heterocycles. The van der Waals surface area contributed by atoms with E-state index in [0.717, 1.165) is 31.7 Å². The topological polar surface area (TPSA) is 120 Å². The number of rotatable bonds is 4. The van der Waals surface area contributed by atoms with Gasteiger partial charge in [0.1, 0.15) is 21.3 Å². The maximum Gasteiger partial charge on any atom is 0.260 e. The van der Waals surface area contributed by atoms with Gasteiger partial charge in [-0.1, -0.05) is 0 Å². The fourth-order valence-corrected chi connectivity index (χ4v) is 3.77. The summed E-state index contributed by atoms with van der Waals surface area (Å²) in [6, 6.07) is 2.14. The van der Waals surface area contributed by atoms with Crippen molar-refractivity contribution in [2.45, 2.75) is 25.8 Å². The largest absolute Gasteiger partial charge is 0.493 e. The van der Waals surface area contributed by atoms with Gasteiger partial charge in [-0.15, -0.1) is 11.3 Å². The number of nitrogen functional groups attached to an aromatic ring is 1. The first-order chi connectivity index (χ1) is 11.0. The molecule has 0 atom stereocenters. The quantitative estimate of drug-likeness (QED) is 0.774. The van der Waals surface area contributed by atoms with Crippen LogP contribution in [0.15, 0.2) is 6.07 Å². The second-order valence-electron chi connectivity index (χ2n) is 5.63. The summed E-state index contributed by atoms with van der Waals surface area (Å²) in [6.45, 7) is 4.12. The predicted octanol–water partition coefficient (Wildman–Crippen LogP) is 1.30. The normalized spacial score (nSPS) is 16.0. The van der Waals surface area contributed by atoms with E-state index in [2.05, 4.69) is 9.88 Å². The summed E-state index contributed by atoms with van der Waals surface area (Å²) in [6.07, 6.45) is 1.87. The van der Waals surface area contributed by atoms with Crippen LogP contribution >= 0.6 is 11.3 Å². The van der Waals surface area contributed by atoms with Crippen LogP contribution < -0.4 is 26.8 Å². The third-order valence-corrected chi connectivity index (χ3v) is 5.15. The molecule has 0 bridgehead atoms. The van der Waals surface area contributed by atoms with Crippen LogP contribution in [0.4, 0.5) is 11.5 Å². The van der Waals surface area contributed by atoms with Gasteiger partial charge in [-0.05, 0) is 19.8 Å². The van der Waals surface area contributed by atoms with Crippen molar-refractivity contribution in [3.8, 4) is 5.75 Å². The molecule has 1 saturated heterocycles. The number of carbonyl (C=O) groups excluding carboxylic acids is 1. The fraction of sp³-hybridized carbons (Fsp3) is 0.467. The lowest BCUT2D eigenvalue weighted by Crippen LogP contribution is -2.40. The molecule has 7 nitrogen and oxygen atoms in total. The van der Waals surface area contributed by atoms with E-state index in [1.807, 2.05) is 13.0 Å². The third-order valence-electron chi connectivity index (χ3n) is 4.04. The number of anilines is 2. The second kappa shape index (κ2) is 6.21. The van der Waals surface area contributed by atoms with E-state index in [0.29, 0.717) is 33.1 Å². The number of pyridine rings is 1. The molecule has 0 spiro atoms. The molecule has 2 aromatic rings. The Morgan fingerprint density at radius 2 is 2.17 bits per heavy atom. The first kappa shape index (κ1) is 15.8. The molecular weight excluding hydrogens is 314 g/mol. The highest BCUT2D eigenvalue weighted by Gasteiger charge is 2.23. The van der Waals surface area contributed by atoms with E-state index in [9.17, 15) is 4.79 Å². The Morgan fingerprint density at radius 1 is 1.48 bits per heavy atom. The van der Waals surface area contributed by atoms with Crippen LogP contribution in [-0.2, 0) is 0 Å². The Balaban J connectivity index is 2.08. The number of hydrogen-bond donors (Lipinski definition) is 3. The number of piperidine rings is 1. The van der Waals surface area contributed by atoms with Gasteiger partial charge in [0.15, 0.2) is 0 Å². The summed E-state index contributed by atoms with van der Waals surface area (Å²) in [7, 11) is 0. The number of nitrogens with two attached hydrogens (primary N) is 3. The molecule has 1 amide bonds. The first-order valence-corrected chi connectivity index (χ1v) is 8.49. The Labute approximate surface area is 138 Å². The molecule has 6 N–H and O–H groups in total. The number of thiophene rings is 1. The first-order valence-electron chi connectivity index (χ1n) is 7.67. The number of fused-ring (bicyclic) bond motifs is 1. The molecule has 1 aliphatic rings. The van der Waals surface area contributed by atoms with Gasteiger partial charge in [-0.3, -0.25) is 4.79 Å². The molecule has 0 unspecified atom stereocenters. The standard InChI is InChI=1S/C15H21N5O2S/c1-2-22-9-7-10(20-5-3-8(16)4-6-20)19-15-11(9)12(17)13(23-15)14(18)21/h7-8H,2-6,16-17H2,1H3,(H2,18,21). The highest BCUT2D eigenvalue weighted by atomic mass is 32.1. The lowest BCUT2D eigenvalue weighted by atomic mass is 10.1. The summed E-state index contributed by atoms with van der Waals surface area (Å²) in [5, 5.41) is 0.670. The molecule has 23 heavy (non-hydrogen) atoms. The molecule has 0 radical (unpaired) electrons. The van der Waals surface area contributed by atoms with Crippen LogP contribution in [0.2, 0.25) is 0 Å². The minimum absolute atomic E-state index is 0.250. The average Bonchev–Trinajstić information content (AvgIpc) is 2.86. The molecule has 124 valence electrons. The van der Waals surface area contributed by atoms with Gasteiger partial charge >= 0.3 is 0 Å². The maximum atomic E-state index is 11.5. The Kier molecular flexibility index (Phi) is 4.27. The molecule has 0 saturated carbocycles. The van der Waals surface area contributed by atoms with Gasteiger partial charge in [-0.2, -0.15) is 0 Å². The van der Waals surface area contributed by atoms with Crippen LogP contribution in [0.25, 0.3) is 10.2 Å². The minimum atomic E-state index is -0.543. The number of hydrogen-bond acceptors (Lipinski definition) is 7. The van der Waals surface area contributed by atoms with Crippen molar-refractivity contribution < 1.29 is 9.53 Å². The van der Waals surface area contributed by atoms with Crippen LogP contribution in [-0.4, -0.2) is 36.6 Å². The van der Waals surface area contributed by atoms with E-state index < -0.39 is 5.91 Å². The smallest absolute Gasteiger partial charge is 0.260 e. The molecular formula is C15H21N5O2S. The summed E-state index contributed by atoms with van der Waals surface area (Å²) in [5.74, 6) is 0.923. The Bertz CT molecular complexity index is 737. The van der Waals surface area contributed by atoms with Crippen LogP contribution in [0, 0.1) is 0 Å². The molecule has 1 fully saturated rings. The Hall–Kier alpha value is -2.06. The zero-order chi connectivity index (χ0) is 16.6. The average molecular weight is 335 g/mol. The van der Waals surface area contributed by atoms with E-state index in [1.54, 1.807) is 0 Å². The maximum absolute atomic E-state index is 11.5. The van der Waals surface area contributed by atoms with E-state index >= 15 is 0 Å². The van der Waals surface area contributed by atoms with Crippen molar-refractivity contribution in [1.29, 1.82) is 0 Å². The van der Waals surface area contributed by atoms with Crippen molar-refractivity contribution in [2.75, 3.05) is 30.3 Å². The van der Waals surface area contributed by atoms with E-state index in [-0.39, 0.29) is 6.04 Å². The zero-order valence-electron chi connectivity index (χ0n) is 13.0. The van der Waals surface area contributed by atoms with Gasteiger partial charge in [0, 0.05) is 25.2 Å². The van der Waals surface area contributed by atoms with Crippen molar-refractivity contribution in [3.63, 3.8) is 0 Å². The van der Waals surface area contributed by atoms with Gasteiger partial charge in [0.25, 0.3) is 5.91 Å². The number of aromatic nitrogens is 1. The third kappa shape index (κ3) is 2.91. The number of nitrogens with zero attached hydrogens (tertiary/aromatic N) is 2. The number of carbonyl (C=O) groups is 1. The van der Waals surface area contributed by atoms with Crippen molar-refractivity contribution in [2.24, 2.45) is 11.5 Å². The van der Waals surface area contributed by atoms with Gasteiger partial charge in [-0.25, -0.2) is 4.98 Å². The van der Waals surface area contributed by atoms with Gasteiger partial charge < -0.3 is 26.8 Å². The minimum Gasteiger partial charge on any atom is -0.493 e. The molecule has 3 heterocycles. The molecule has 0 aliphatic carbocycles. The summed E-state index contributed by atoms with van der Waals surface area (Å²) >= 11 is 1.21. The zero-order valence-corrected chi connectivity index (χ0v) is 13.9. The molecule has 8 heteroatoms. The van der Waals surface area contributed by atoms with Crippen LogP contribution in [0.3, 0.4) is 0 Å². The number of ether oxygens (including phenoxy) is 1.